The molecule has 7 heteroatoms. The lowest BCUT2D eigenvalue weighted by Crippen LogP contribution is -2.21. The second kappa shape index (κ2) is 7.64. The number of carbonyl (C=O) groups excluding carboxylic acids is 1. The van der Waals surface area contributed by atoms with Crippen LogP contribution in [0.25, 0.3) is 0 Å². The Morgan fingerprint density at radius 1 is 1.35 bits per heavy atom. The van der Waals surface area contributed by atoms with Crippen molar-refractivity contribution in [3.63, 3.8) is 0 Å². The number of thioether (sulfide) groups is 1. The van der Waals surface area contributed by atoms with E-state index in [0.717, 1.165) is 11.8 Å². The van der Waals surface area contributed by atoms with E-state index in [1.165, 1.54) is 25.1 Å². The molecule has 0 bridgehead atoms. The van der Waals surface area contributed by atoms with Crippen LogP contribution in [-0.2, 0) is 4.79 Å². The summed E-state index contributed by atoms with van der Waals surface area (Å²) >= 11 is 6.75. The standard InChI is InChI=1S/C13H15ClO5S/c1-7(15)20-5-4-11(16)12(17)9-3-2-8(14)6-10(9)13(18)19/h2-3,6,11-12,16-17H,4-5H2,1H3,(H,18,19). The Morgan fingerprint density at radius 2 is 2.00 bits per heavy atom. The maximum Gasteiger partial charge on any atom is 0.336 e. The summed E-state index contributed by atoms with van der Waals surface area (Å²) in [5.41, 5.74) is -0.0505. The maximum atomic E-state index is 11.1. The first kappa shape index (κ1) is 17.0. The fourth-order valence-electron chi connectivity index (χ4n) is 1.66. The van der Waals surface area contributed by atoms with Crippen molar-refractivity contribution in [1.82, 2.24) is 0 Å². The first-order valence-corrected chi connectivity index (χ1v) is 7.21. The predicted molar refractivity (Wildman–Crippen MR) is 77.1 cm³/mol. The van der Waals surface area contributed by atoms with Gasteiger partial charge in [0.25, 0.3) is 0 Å². The van der Waals surface area contributed by atoms with Crippen LogP contribution in [0.4, 0.5) is 0 Å². The third-order valence-corrected chi connectivity index (χ3v) is 3.73. The van der Waals surface area contributed by atoms with E-state index in [9.17, 15) is 19.8 Å². The summed E-state index contributed by atoms with van der Waals surface area (Å²) < 4.78 is 0. The minimum Gasteiger partial charge on any atom is -0.478 e. The molecule has 110 valence electrons. The molecule has 0 fully saturated rings. The average molecular weight is 319 g/mol. The Hall–Kier alpha value is -1.08. The lowest BCUT2D eigenvalue weighted by Gasteiger charge is -2.19. The molecule has 0 aromatic heterocycles. The number of halogens is 1. The molecule has 1 aromatic rings. The van der Waals surface area contributed by atoms with Gasteiger partial charge >= 0.3 is 5.97 Å². The van der Waals surface area contributed by atoms with Crippen LogP contribution in [0, 0.1) is 0 Å². The highest BCUT2D eigenvalue weighted by Crippen LogP contribution is 2.26. The number of rotatable bonds is 6. The van der Waals surface area contributed by atoms with Gasteiger partial charge in [0.1, 0.15) is 6.10 Å². The van der Waals surface area contributed by atoms with Crippen molar-refractivity contribution in [2.45, 2.75) is 25.6 Å². The summed E-state index contributed by atoms with van der Waals surface area (Å²) in [6.07, 6.45) is -2.32. The topological polar surface area (TPSA) is 94.8 Å². The number of aromatic carboxylic acids is 1. The molecular formula is C13H15ClO5S. The van der Waals surface area contributed by atoms with Crippen LogP contribution in [0.15, 0.2) is 18.2 Å². The predicted octanol–water partition coefficient (Wildman–Crippen LogP) is 2.10. The number of benzene rings is 1. The minimum absolute atomic E-state index is 0.0793. The van der Waals surface area contributed by atoms with Crippen molar-refractivity contribution in [3.8, 4) is 0 Å². The van der Waals surface area contributed by atoms with Crippen molar-refractivity contribution >= 4 is 34.4 Å². The molecule has 2 unspecified atom stereocenters. The largest absolute Gasteiger partial charge is 0.478 e. The molecule has 0 radical (unpaired) electrons. The van der Waals surface area contributed by atoms with Gasteiger partial charge in [-0.15, -0.1) is 0 Å². The number of carbonyl (C=O) groups is 2. The number of hydrogen-bond donors (Lipinski definition) is 3. The SMILES string of the molecule is CC(=O)SCCC(O)C(O)c1ccc(Cl)cc1C(=O)O. The molecule has 2 atom stereocenters. The Labute approximate surface area is 125 Å². The van der Waals surface area contributed by atoms with Crippen molar-refractivity contribution in [2.24, 2.45) is 0 Å². The fourth-order valence-corrected chi connectivity index (χ4v) is 2.48. The van der Waals surface area contributed by atoms with Crippen molar-refractivity contribution in [2.75, 3.05) is 5.75 Å². The van der Waals surface area contributed by atoms with Gasteiger partial charge < -0.3 is 15.3 Å². The van der Waals surface area contributed by atoms with Crippen LogP contribution in [0.1, 0.15) is 35.4 Å². The lowest BCUT2D eigenvalue weighted by molar-refractivity contribution is -0.109. The number of aliphatic hydroxyl groups is 2. The van der Waals surface area contributed by atoms with E-state index in [1.54, 1.807) is 0 Å². The summed E-state index contributed by atoms with van der Waals surface area (Å²) in [6, 6.07) is 4.04. The quantitative estimate of drug-likeness (QED) is 0.743. The summed E-state index contributed by atoms with van der Waals surface area (Å²) in [4.78, 5) is 21.9. The summed E-state index contributed by atoms with van der Waals surface area (Å²) in [7, 11) is 0. The second-order valence-electron chi connectivity index (χ2n) is 4.18. The van der Waals surface area contributed by atoms with E-state index in [1.807, 2.05) is 0 Å². The molecule has 0 aliphatic rings. The van der Waals surface area contributed by atoms with Crippen LogP contribution >= 0.6 is 23.4 Å². The summed E-state index contributed by atoms with van der Waals surface area (Å²) in [5.74, 6) is -0.879. The normalized spacial score (nSPS) is 13.8. The first-order valence-electron chi connectivity index (χ1n) is 5.85. The Kier molecular flexibility index (Phi) is 6.48. The highest BCUT2D eigenvalue weighted by Gasteiger charge is 2.23. The van der Waals surface area contributed by atoms with Gasteiger partial charge in [0.15, 0.2) is 5.12 Å². The van der Waals surface area contributed by atoms with Gasteiger partial charge in [0, 0.05) is 17.7 Å². The van der Waals surface area contributed by atoms with E-state index in [4.69, 9.17) is 16.7 Å². The van der Waals surface area contributed by atoms with E-state index in [2.05, 4.69) is 0 Å². The van der Waals surface area contributed by atoms with Gasteiger partial charge in [-0.25, -0.2) is 4.79 Å². The maximum absolute atomic E-state index is 11.1. The van der Waals surface area contributed by atoms with Crippen LogP contribution in [0.3, 0.4) is 0 Å². The zero-order valence-corrected chi connectivity index (χ0v) is 12.3. The number of carboxylic acid groups (broad SMARTS) is 1. The van der Waals surface area contributed by atoms with E-state index < -0.39 is 18.2 Å². The van der Waals surface area contributed by atoms with Crippen LogP contribution in [-0.4, -0.2) is 38.3 Å². The lowest BCUT2D eigenvalue weighted by atomic mass is 9.97. The van der Waals surface area contributed by atoms with Crippen LogP contribution in [0.2, 0.25) is 5.02 Å². The highest BCUT2D eigenvalue weighted by atomic mass is 35.5. The van der Waals surface area contributed by atoms with E-state index in [-0.39, 0.29) is 27.7 Å². The fraction of sp³-hybridized carbons (Fsp3) is 0.385. The van der Waals surface area contributed by atoms with Crippen molar-refractivity contribution in [1.29, 1.82) is 0 Å². The van der Waals surface area contributed by atoms with Gasteiger partial charge in [-0.05, 0) is 24.1 Å². The van der Waals surface area contributed by atoms with E-state index in [0.29, 0.717) is 5.75 Å². The van der Waals surface area contributed by atoms with Gasteiger partial charge in [0.05, 0.1) is 11.7 Å². The molecule has 3 N–H and O–H groups in total. The Morgan fingerprint density at radius 3 is 2.55 bits per heavy atom. The number of carboxylic acids is 1. The van der Waals surface area contributed by atoms with Gasteiger partial charge in [-0.2, -0.15) is 0 Å². The van der Waals surface area contributed by atoms with Crippen molar-refractivity contribution in [3.05, 3.63) is 34.3 Å². The molecule has 1 aromatic carbocycles. The Bertz CT molecular complexity index is 506. The molecular weight excluding hydrogens is 304 g/mol. The van der Waals surface area contributed by atoms with Gasteiger partial charge in [-0.3, -0.25) is 4.79 Å². The number of hydrogen-bond acceptors (Lipinski definition) is 5. The summed E-state index contributed by atoms with van der Waals surface area (Å²) in [5, 5.41) is 29.1. The second-order valence-corrected chi connectivity index (χ2v) is 5.89. The molecule has 0 spiro atoms. The van der Waals surface area contributed by atoms with Crippen LogP contribution < -0.4 is 0 Å². The third kappa shape index (κ3) is 4.79. The van der Waals surface area contributed by atoms with Gasteiger partial charge in [0.2, 0.25) is 0 Å². The molecule has 0 saturated heterocycles. The summed E-state index contributed by atoms with van der Waals surface area (Å²) in [6.45, 7) is 1.41. The Balaban J connectivity index is 2.83. The molecule has 0 heterocycles. The molecule has 0 amide bonds. The average Bonchev–Trinajstić information content (AvgIpc) is 2.37. The minimum atomic E-state index is -1.34. The molecule has 5 nitrogen and oxygen atoms in total. The number of aliphatic hydroxyl groups excluding tert-OH is 2. The molecule has 0 saturated carbocycles. The zero-order valence-electron chi connectivity index (χ0n) is 10.7. The van der Waals surface area contributed by atoms with E-state index >= 15 is 0 Å². The van der Waals surface area contributed by atoms with Gasteiger partial charge in [-0.1, -0.05) is 29.4 Å². The monoisotopic (exact) mass is 318 g/mol. The highest BCUT2D eigenvalue weighted by molar-refractivity contribution is 8.13. The smallest absolute Gasteiger partial charge is 0.336 e. The van der Waals surface area contributed by atoms with Crippen LogP contribution in [0.5, 0.6) is 0 Å². The molecule has 20 heavy (non-hydrogen) atoms. The van der Waals surface area contributed by atoms with Crippen molar-refractivity contribution < 1.29 is 24.9 Å². The molecule has 0 aliphatic heterocycles. The molecule has 0 aliphatic carbocycles. The first-order chi connectivity index (χ1) is 9.32. The molecule has 1 rings (SSSR count). The zero-order chi connectivity index (χ0) is 15.3. The third-order valence-electron chi connectivity index (χ3n) is 2.65.